The summed E-state index contributed by atoms with van der Waals surface area (Å²) in [7, 11) is 2.24. The van der Waals surface area contributed by atoms with E-state index in [2.05, 4.69) is 42.9 Å². The van der Waals surface area contributed by atoms with Crippen LogP contribution in [0.2, 0.25) is 0 Å². The van der Waals surface area contributed by atoms with Crippen molar-refractivity contribution in [2.75, 3.05) is 33.2 Å². The number of piperidine rings is 1. The Kier molecular flexibility index (Phi) is 4.45. The van der Waals surface area contributed by atoms with Crippen LogP contribution in [0.5, 0.6) is 0 Å². The molecule has 2 rings (SSSR count). The van der Waals surface area contributed by atoms with E-state index in [0.717, 1.165) is 18.5 Å². The molecule has 0 aromatic carbocycles. The lowest BCUT2D eigenvalue weighted by atomic mass is 9.95. The smallest absolute Gasteiger partial charge is 0.0218 e. The maximum absolute atomic E-state index is 3.69. The van der Waals surface area contributed by atoms with Crippen LogP contribution in [0.3, 0.4) is 0 Å². The average molecular weight is 239 g/mol. The van der Waals surface area contributed by atoms with Gasteiger partial charge in [-0.25, -0.2) is 0 Å². The SMILES string of the molecule is CC(C)C1CN(C2CCN(C)CC2)C(C)CN1. The van der Waals surface area contributed by atoms with E-state index in [9.17, 15) is 0 Å². The number of nitrogens with zero attached hydrogens (tertiary/aromatic N) is 2. The first-order chi connectivity index (χ1) is 8.08. The minimum atomic E-state index is 0.686. The summed E-state index contributed by atoms with van der Waals surface area (Å²) in [4.78, 5) is 5.23. The first-order valence-electron chi connectivity index (χ1n) is 7.25. The van der Waals surface area contributed by atoms with E-state index in [1.54, 1.807) is 0 Å². The van der Waals surface area contributed by atoms with Gasteiger partial charge in [-0.2, -0.15) is 0 Å². The van der Waals surface area contributed by atoms with Crippen molar-refractivity contribution in [3.63, 3.8) is 0 Å². The first-order valence-corrected chi connectivity index (χ1v) is 7.25. The van der Waals surface area contributed by atoms with Gasteiger partial charge < -0.3 is 10.2 Å². The van der Waals surface area contributed by atoms with Gasteiger partial charge in [-0.15, -0.1) is 0 Å². The molecule has 0 aliphatic carbocycles. The normalized spacial score (nSPS) is 34.4. The molecular formula is C14H29N3. The van der Waals surface area contributed by atoms with Crippen molar-refractivity contribution in [3.8, 4) is 0 Å². The van der Waals surface area contributed by atoms with Gasteiger partial charge in [-0.1, -0.05) is 13.8 Å². The van der Waals surface area contributed by atoms with Crippen LogP contribution in [0.15, 0.2) is 0 Å². The van der Waals surface area contributed by atoms with Gasteiger partial charge >= 0.3 is 0 Å². The lowest BCUT2D eigenvalue weighted by Crippen LogP contribution is -2.61. The number of likely N-dealkylation sites (tertiary alicyclic amines) is 1. The largest absolute Gasteiger partial charge is 0.311 e. The fraction of sp³-hybridized carbons (Fsp3) is 1.00. The fourth-order valence-electron chi connectivity index (χ4n) is 3.19. The Hall–Kier alpha value is -0.120. The Morgan fingerprint density at radius 3 is 2.41 bits per heavy atom. The highest BCUT2D eigenvalue weighted by atomic mass is 15.3. The van der Waals surface area contributed by atoms with Gasteiger partial charge in [0.1, 0.15) is 0 Å². The van der Waals surface area contributed by atoms with E-state index in [-0.39, 0.29) is 0 Å². The zero-order valence-electron chi connectivity index (χ0n) is 11.9. The van der Waals surface area contributed by atoms with E-state index in [1.165, 1.54) is 32.5 Å². The second kappa shape index (κ2) is 5.68. The number of hydrogen-bond acceptors (Lipinski definition) is 3. The summed E-state index contributed by atoms with van der Waals surface area (Å²) in [5.74, 6) is 0.747. The van der Waals surface area contributed by atoms with E-state index >= 15 is 0 Å². The molecule has 1 N–H and O–H groups in total. The van der Waals surface area contributed by atoms with Crippen LogP contribution in [0, 0.1) is 5.92 Å². The molecule has 0 spiro atoms. The Bertz CT molecular complexity index is 234. The van der Waals surface area contributed by atoms with Crippen molar-refractivity contribution in [2.45, 2.75) is 51.7 Å². The number of nitrogens with one attached hydrogen (secondary N) is 1. The molecule has 2 heterocycles. The molecule has 17 heavy (non-hydrogen) atoms. The number of piperazine rings is 1. The summed E-state index contributed by atoms with van der Waals surface area (Å²) in [6.45, 7) is 12.0. The fourth-order valence-corrected chi connectivity index (χ4v) is 3.19. The van der Waals surface area contributed by atoms with Crippen LogP contribution in [0.25, 0.3) is 0 Å². The van der Waals surface area contributed by atoms with E-state index in [1.807, 2.05) is 0 Å². The van der Waals surface area contributed by atoms with Crippen LogP contribution >= 0.6 is 0 Å². The van der Waals surface area contributed by atoms with Crippen LogP contribution in [-0.2, 0) is 0 Å². The molecule has 0 amide bonds. The maximum Gasteiger partial charge on any atom is 0.0218 e. The third-order valence-electron chi connectivity index (χ3n) is 4.61. The van der Waals surface area contributed by atoms with Crippen molar-refractivity contribution in [1.29, 1.82) is 0 Å². The predicted molar refractivity (Wildman–Crippen MR) is 73.3 cm³/mol. The van der Waals surface area contributed by atoms with Crippen molar-refractivity contribution in [3.05, 3.63) is 0 Å². The van der Waals surface area contributed by atoms with Gasteiger partial charge in [-0.3, -0.25) is 4.90 Å². The molecule has 100 valence electrons. The van der Waals surface area contributed by atoms with E-state index in [4.69, 9.17) is 0 Å². The lowest BCUT2D eigenvalue weighted by molar-refractivity contribution is 0.0460. The zero-order valence-corrected chi connectivity index (χ0v) is 11.9. The standard InChI is InChI=1S/C14H29N3/c1-11(2)14-10-17(12(3)9-15-14)13-5-7-16(4)8-6-13/h11-15H,5-10H2,1-4H3. The highest BCUT2D eigenvalue weighted by molar-refractivity contribution is 4.90. The topological polar surface area (TPSA) is 18.5 Å². The van der Waals surface area contributed by atoms with Crippen molar-refractivity contribution in [2.24, 2.45) is 5.92 Å². The summed E-state index contributed by atoms with van der Waals surface area (Å²) in [6, 6.07) is 2.22. The molecule has 3 heteroatoms. The van der Waals surface area contributed by atoms with Crippen LogP contribution in [0.4, 0.5) is 0 Å². The van der Waals surface area contributed by atoms with Crippen LogP contribution in [-0.4, -0.2) is 61.2 Å². The minimum absolute atomic E-state index is 0.686. The highest BCUT2D eigenvalue weighted by Crippen LogP contribution is 2.22. The average Bonchev–Trinajstić information content (AvgIpc) is 2.31. The van der Waals surface area contributed by atoms with E-state index in [0.29, 0.717) is 12.1 Å². The molecular weight excluding hydrogens is 210 g/mol. The number of hydrogen-bond donors (Lipinski definition) is 1. The Morgan fingerprint density at radius 1 is 1.18 bits per heavy atom. The quantitative estimate of drug-likeness (QED) is 0.786. The van der Waals surface area contributed by atoms with Gasteiger partial charge in [0.15, 0.2) is 0 Å². The van der Waals surface area contributed by atoms with Gasteiger partial charge in [0.25, 0.3) is 0 Å². The summed E-state index contributed by atoms with van der Waals surface area (Å²) in [5, 5.41) is 3.69. The van der Waals surface area contributed by atoms with Gasteiger partial charge in [0, 0.05) is 31.2 Å². The Labute approximate surface area is 107 Å². The Morgan fingerprint density at radius 2 is 1.82 bits per heavy atom. The molecule has 3 nitrogen and oxygen atoms in total. The van der Waals surface area contributed by atoms with Crippen LogP contribution < -0.4 is 5.32 Å². The monoisotopic (exact) mass is 239 g/mol. The molecule has 0 aromatic heterocycles. The summed E-state index contributed by atoms with van der Waals surface area (Å²) >= 11 is 0. The molecule has 2 fully saturated rings. The van der Waals surface area contributed by atoms with Gasteiger partial charge in [0.05, 0.1) is 0 Å². The van der Waals surface area contributed by atoms with E-state index < -0.39 is 0 Å². The first kappa shape index (κ1) is 13.3. The molecule has 2 aliphatic heterocycles. The third kappa shape index (κ3) is 3.21. The summed E-state index contributed by atoms with van der Waals surface area (Å²) in [6.07, 6.45) is 2.71. The third-order valence-corrected chi connectivity index (χ3v) is 4.61. The predicted octanol–water partition coefficient (Wildman–Crippen LogP) is 1.40. The minimum Gasteiger partial charge on any atom is -0.311 e. The lowest BCUT2D eigenvalue weighted by Gasteiger charge is -2.46. The molecule has 0 bridgehead atoms. The molecule has 0 saturated carbocycles. The zero-order chi connectivity index (χ0) is 12.4. The Balaban J connectivity index is 1.93. The van der Waals surface area contributed by atoms with Crippen molar-refractivity contribution >= 4 is 0 Å². The highest BCUT2D eigenvalue weighted by Gasteiger charge is 2.32. The van der Waals surface area contributed by atoms with Crippen LogP contribution in [0.1, 0.15) is 33.6 Å². The molecule has 2 aliphatic rings. The van der Waals surface area contributed by atoms with Gasteiger partial charge in [-0.05, 0) is 45.8 Å². The van der Waals surface area contributed by atoms with Crippen molar-refractivity contribution in [1.82, 2.24) is 15.1 Å². The molecule has 2 unspecified atom stereocenters. The second-order valence-electron chi connectivity index (χ2n) is 6.34. The maximum atomic E-state index is 3.69. The number of rotatable bonds is 2. The molecule has 2 saturated heterocycles. The molecule has 2 atom stereocenters. The summed E-state index contributed by atoms with van der Waals surface area (Å²) < 4.78 is 0. The van der Waals surface area contributed by atoms with Gasteiger partial charge in [0.2, 0.25) is 0 Å². The van der Waals surface area contributed by atoms with Crippen molar-refractivity contribution < 1.29 is 0 Å². The molecule has 0 radical (unpaired) electrons. The summed E-state index contributed by atoms with van der Waals surface area (Å²) in [5.41, 5.74) is 0. The second-order valence-corrected chi connectivity index (χ2v) is 6.34. The molecule has 0 aromatic rings.